The Morgan fingerprint density at radius 2 is 2.35 bits per heavy atom. The molecule has 1 aromatic carbocycles. The minimum absolute atomic E-state index is 0.0736. The Kier molecular flexibility index (Phi) is 5.24. The van der Waals surface area contributed by atoms with E-state index in [1.165, 1.54) is 0 Å². The minimum Gasteiger partial charge on any atom is -0.491 e. The van der Waals surface area contributed by atoms with Gasteiger partial charge < -0.3 is 19.7 Å². The highest BCUT2D eigenvalue weighted by molar-refractivity contribution is 6.30. The Hall–Kier alpha value is -1.11. The molecule has 2 N–H and O–H groups in total. The lowest BCUT2D eigenvalue weighted by atomic mass is 9.96. The first-order chi connectivity index (χ1) is 11.0. The molecular formula is C17H22ClNO4. The van der Waals surface area contributed by atoms with Crippen molar-refractivity contribution in [3.63, 3.8) is 0 Å². The molecule has 0 aromatic heterocycles. The molecule has 1 aromatic rings. The average molecular weight is 340 g/mol. The van der Waals surface area contributed by atoms with E-state index in [1.54, 1.807) is 30.3 Å². The molecule has 0 bridgehead atoms. The summed E-state index contributed by atoms with van der Waals surface area (Å²) in [5, 5.41) is 20.3. The van der Waals surface area contributed by atoms with Gasteiger partial charge in [0.15, 0.2) is 6.29 Å². The van der Waals surface area contributed by atoms with E-state index in [0.29, 0.717) is 17.2 Å². The van der Waals surface area contributed by atoms with Crippen LogP contribution in [-0.2, 0) is 4.74 Å². The summed E-state index contributed by atoms with van der Waals surface area (Å²) >= 11 is 5.89. The predicted octanol–water partition coefficient (Wildman–Crippen LogP) is 1.67. The molecule has 2 aliphatic heterocycles. The highest BCUT2D eigenvalue weighted by atomic mass is 35.5. The topological polar surface area (TPSA) is 62.2 Å². The van der Waals surface area contributed by atoms with E-state index in [2.05, 4.69) is 4.90 Å². The summed E-state index contributed by atoms with van der Waals surface area (Å²) in [4.78, 5) is 2.18. The van der Waals surface area contributed by atoms with Gasteiger partial charge in [0.25, 0.3) is 0 Å². The Bertz CT molecular complexity index is 567. The number of hydrogen-bond donors (Lipinski definition) is 2. The SMILES string of the molecule is CN1C[C@@H]2OC(O)C[C@@H]2[C@H]1/C=C/[C@@H](O)COc1cccc(Cl)c1. The van der Waals surface area contributed by atoms with Crippen molar-refractivity contribution >= 4 is 11.6 Å². The molecule has 2 fully saturated rings. The van der Waals surface area contributed by atoms with Gasteiger partial charge >= 0.3 is 0 Å². The van der Waals surface area contributed by atoms with Crippen LogP contribution in [0.5, 0.6) is 5.75 Å². The molecule has 23 heavy (non-hydrogen) atoms. The van der Waals surface area contributed by atoms with Crippen LogP contribution in [0, 0.1) is 5.92 Å². The van der Waals surface area contributed by atoms with Gasteiger partial charge in [-0.05, 0) is 25.2 Å². The Labute approximate surface area is 141 Å². The van der Waals surface area contributed by atoms with Crippen LogP contribution in [0.1, 0.15) is 6.42 Å². The number of halogens is 1. The zero-order chi connectivity index (χ0) is 16.4. The number of nitrogens with zero attached hydrogens (tertiary/aromatic N) is 1. The molecule has 2 aliphatic rings. The minimum atomic E-state index is -0.700. The first-order valence-electron chi connectivity index (χ1n) is 7.81. The molecule has 5 nitrogen and oxygen atoms in total. The molecule has 0 saturated carbocycles. The maximum Gasteiger partial charge on any atom is 0.155 e. The van der Waals surface area contributed by atoms with E-state index >= 15 is 0 Å². The lowest BCUT2D eigenvalue weighted by Gasteiger charge is -2.20. The number of likely N-dealkylation sites (tertiary alicyclic amines) is 1. The zero-order valence-electron chi connectivity index (χ0n) is 13.0. The monoisotopic (exact) mass is 339 g/mol. The van der Waals surface area contributed by atoms with Crippen molar-refractivity contribution in [2.45, 2.75) is 31.0 Å². The molecule has 1 unspecified atom stereocenters. The maximum atomic E-state index is 10.1. The van der Waals surface area contributed by atoms with Crippen LogP contribution in [0.2, 0.25) is 5.02 Å². The number of fused-ring (bicyclic) bond motifs is 1. The summed E-state index contributed by atoms with van der Waals surface area (Å²) in [6.07, 6.45) is 3.08. The number of likely N-dealkylation sites (N-methyl/N-ethyl adjacent to an activating group) is 1. The normalized spacial score (nSPS) is 32.3. The van der Waals surface area contributed by atoms with Gasteiger partial charge in [-0.25, -0.2) is 0 Å². The summed E-state index contributed by atoms with van der Waals surface area (Å²) in [6, 6.07) is 7.26. The largest absolute Gasteiger partial charge is 0.491 e. The number of hydrogen-bond acceptors (Lipinski definition) is 5. The fourth-order valence-electron chi connectivity index (χ4n) is 3.34. The summed E-state index contributed by atoms with van der Waals surface area (Å²) in [5.41, 5.74) is 0. The lowest BCUT2D eigenvalue weighted by molar-refractivity contribution is -0.0913. The highest BCUT2D eigenvalue weighted by Gasteiger charge is 2.45. The molecule has 0 aliphatic carbocycles. The molecule has 0 amide bonds. The zero-order valence-corrected chi connectivity index (χ0v) is 13.8. The van der Waals surface area contributed by atoms with Crippen molar-refractivity contribution in [2.75, 3.05) is 20.2 Å². The molecule has 6 heteroatoms. The summed E-state index contributed by atoms with van der Waals surface area (Å²) in [5.74, 6) is 0.905. The standard InChI is InChI=1S/C17H22ClNO4/c1-19-9-16-14(8-17(21)23-16)15(19)6-5-12(20)10-22-13-4-2-3-11(18)7-13/h2-7,12,14-17,20-21H,8-10H2,1H3/b6-5+/t12-,14-,15-,16+,17?/m1/s1. The van der Waals surface area contributed by atoms with E-state index in [-0.39, 0.29) is 24.7 Å². The first-order valence-corrected chi connectivity index (χ1v) is 8.19. The van der Waals surface area contributed by atoms with E-state index in [9.17, 15) is 10.2 Å². The van der Waals surface area contributed by atoms with Crippen molar-refractivity contribution in [1.82, 2.24) is 4.90 Å². The summed E-state index contributed by atoms with van der Waals surface area (Å²) in [6.45, 7) is 0.965. The van der Waals surface area contributed by atoms with E-state index < -0.39 is 12.4 Å². The van der Waals surface area contributed by atoms with E-state index in [0.717, 1.165) is 6.54 Å². The fraction of sp³-hybridized carbons (Fsp3) is 0.529. The molecule has 0 radical (unpaired) electrons. The van der Waals surface area contributed by atoms with Crippen LogP contribution in [0.4, 0.5) is 0 Å². The summed E-state index contributed by atoms with van der Waals surface area (Å²) < 4.78 is 11.0. The molecule has 0 spiro atoms. The highest BCUT2D eigenvalue weighted by Crippen LogP contribution is 2.36. The number of aliphatic hydroxyl groups excluding tert-OH is 2. The van der Waals surface area contributed by atoms with Crippen molar-refractivity contribution in [1.29, 1.82) is 0 Å². The Morgan fingerprint density at radius 3 is 3.13 bits per heavy atom. The molecular weight excluding hydrogens is 318 g/mol. The van der Waals surface area contributed by atoms with Gasteiger partial charge in [-0.15, -0.1) is 0 Å². The molecule has 5 atom stereocenters. The van der Waals surface area contributed by atoms with E-state index in [1.807, 2.05) is 13.1 Å². The van der Waals surface area contributed by atoms with Gasteiger partial charge in [0, 0.05) is 29.9 Å². The van der Waals surface area contributed by atoms with Gasteiger partial charge in [0.05, 0.1) is 6.10 Å². The number of aliphatic hydroxyl groups is 2. The molecule has 3 rings (SSSR count). The second-order valence-electron chi connectivity index (χ2n) is 6.18. The van der Waals surface area contributed by atoms with Crippen molar-refractivity contribution in [3.05, 3.63) is 41.4 Å². The van der Waals surface area contributed by atoms with Crippen LogP contribution in [0.3, 0.4) is 0 Å². The van der Waals surface area contributed by atoms with Crippen LogP contribution in [-0.4, -0.2) is 59.9 Å². The van der Waals surface area contributed by atoms with Crippen molar-refractivity contribution < 1.29 is 19.7 Å². The van der Waals surface area contributed by atoms with Crippen LogP contribution in [0.25, 0.3) is 0 Å². The molecule has 2 heterocycles. The van der Waals surface area contributed by atoms with Gasteiger partial charge in [-0.2, -0.15) is 0 Å². The van der Waals surface area contributed by atoms with Gasteiger partial charge in [0.2, 0.25) is 0 Å². The second-order valence-corrected chi connectivity index (χ2v) is 6.62. The van der Waals surface area contributed by atoms with E-state index in [4.69, 9.17) is 21.1 Å². The van der Waals surface area contributed by atoms with Crippen molar-refractivity contribution in [3.8, 4) is 5.75 Å². The number of rotatable bonds is 5. The van der Waals surface area contributed by atoms with Gasteiger partial charge in [-0.1, -0.05) is 29.8 Å². The van der Waals surface area contributed by atoms with Crippen molar-refractivity contribution in [2.24, 2.45) is 5.92 Å². The molecule has 2 saturated heterocycles. The second kappa shape index (κ2) is 7.20. The van der Waals surface area contributed by atoms with Gasteiger partial charge in [0.1, 0.15) is 18.5 Å². The van der Waals surface area contributed by atoms with Crippen LogP contribution >= 0.6 is 11.6 Å². The lowest BCUT2D eigenvalue weighted by Crippen LogP contribution is -2.29. The van der Waals surface area contributed by atoms with Crippen LogP contribution < -0.4 is 4.74 Å². The fourth-order valence-corrected chi connectivity index (χ4v) is 3.52. The third kappa shape index (κ3) is 4.05. The van der Waals surface area contributed by atoms with Gasteiger partial charge in [-0.3, -0.25) is 4.90 Å². The smallest absolute Gasteiger partial charge is 0.155 e. The quantitative estimate of drug-likeness (QED) is 0.799. The summed E-state index contributed by atoms with van der Waals surface area (Å²) in [7, 11) is 2.03. The maximum absolute atomic E-state index is 10.1. The number of ether oxygens (including phenoxy) is 2. The first kappa shape index (κ1) is 16.7. The predicted molar refractivity (Wildman–Crippen MR) is 87.5 cm³/mol. The average Bonchev–Trinajstić information content (AvgIpc) is 2.98. The van der Waals surface area contributed by atoms with Crippen LogP contribution in [0.15, 0.2) is 36.4 Å². The Morgan fingerprint density at radius 1 is 1.52 bits per heavy atom. The molecule has 126 valence electrons. The number of benzene rings is 1. The Balaban J connectivity index is 1.53. The third-order valence-corrected chi connectivity index (χ3v) is 4.68. The third-order valence-electron chi connectivity index (χ3n) is 4.45.